The van der Waals surface area contributed by atoms with Crippen molar-refractivity contribution in [3.05, 3.63) is 12.2 Å². The van der Waals surface area contributed by atoms with E-state index >= 15 is 0 Å². The van der Waals surface area contributed by atoms with Crippen molar-refractivity contribution in [2.45, 2.75) is 18.7 Å². The summed E-state index contributed by atoms with van der Waals surface area (Å²) in [7, 11) is 0. The molecule has 3 nitrogen and oxygen atoms in total. The van der Waals surface area contributed by atoms with Gasteiger partial charge in [-0.25, -0.2) is 4.98 Å². The van der Waals surface area contributed by atoms with Gasteiger partial charge in [-0.05, 0) is 6.42 Å². The fourth-order valence-corrected chi connectivity index (χ4v) is 0.664. The fraction of sp³-hybridized carbons (Fsp3) is 0.600. The minimum atomic E-state index is -0.0208. The Labute approximate surface area is 58.4 Å². The molecule has 1 N–H and O–H groups in total. The average Bonchev–Trinajstić information content (AvgIpc) is 2.37. The molecule has 1 aromatic heterocycles. The van der Waals surface area contributed by atoms with Gasteiger partial charge in [-0.15, -0.1) is 11.6 Å². The largest absolute Gasteiger partial charge is 0.262 e. The molecule has 0 bridgehead atoms. The molecule has 0 aliphatic rings. The predicted octanol–water partition coefficient (Wildman–Crippen LogP) is 1.49. The third-order valence-corrected chi connectivity index (χ3v) is 1.60. The van der Waals surface area contributed by atoms with E-state index in [0.29, 0.717) is 0 Å². The average molecular weight is 146 g/mol. The zero-order chi connectivity index (χ0) is 6.69. The minimum Gasteiger partial charge on any atom is -0.262 e. The highest BCUT2D eigenvalue weighted by atomic mass is 35.5. The van der Waals surface area contributed by atoms with E-state index in [1.807, 2.05) is 6.92 Å². The quantitative estimate of drug-likeness (QED) is 0.641. The Hall–Kier alpha value is -0.570. The number of hydrogen-bond donors (Lipinski definition) is 1. The summed E-state index contributed by atoms with van der Waals surface area (Å²) in [6, 6.07) is 0. The summed E-state index contributed by atoms with van der Waals surface area (Å²) in [6.07, 6.45) is 2.33. The molecule has 50 valence electrons. The molecule has 1 rings (SSSR count). The lowest BCUT2D eigenvalue weighted by Gasteiger charge is -1.97. The molecule has 0 amide bonds. The number of hydrogen-bond acceptors (Lipinski definition) is 2. The van der Waals surface area contributed by atoms with Crippen molar-refractivity contribution >= 4 is 11.6 Å². The van der Waals surface area contributed by atoms with Gasteiger partial charge in [-0.3, -0.25) is 5.10 Å². The molecule has 9 heavy (non-hydrogen) atoms. The van der Waals surface area contributed by atoms with E-state index in [1.54, 1.807) is 0 Å². The fourth-order valence-electron chi connectivity index (χ4n) is 0.559. The first-order chi connectivity index (χ1) is 4.34. The highest BCUT2D eigenvalue weighted by Gasteiger charge is 2.05. The second-order valence-electron chi connectivity index (χ2n) is 1.75. The van der Waals surface area contributed by atoms with Crippen LogP contribution in [-0.4, -0.2) is 15.2 Å². The minimum absolute atomic E-state index is 0.0208. The highest BCUT2D eigenvalue weighted by molar-refractivity contribution is 6.20. The van der Waals surface area contributed by atoms with Crippen LogP contribution in [-0.2, 0) is 0 Å². The first-order valence-corrected chi connectivity index (χ1v) is 3.27. The van der Waals surface area contributed by atoms with Gasteiger partial charge in [0.2, 0.25) is 0 Å². The summed E-state index contributed by atoms with van der Waals surface area (Å²) in [4.78, 5) is 3.89. The topological polar surface area (TPSA) is 41.6 Å². The molecule has 4 heteroatoms. The van der Waals surface area contributed by atoms with Gasteiger partial charge in [0, 0.05) is 0 Å². The lowest BCUT2D eigenvalue weighted by Crippen LogP contribution is -1.90. The van der Waals surface area contributed by atoms with Crippen molar-refractivity contribution in [3.63, 3.8) is 0 Å². The van der Waals surface area contributed by atoms with E-state index in [0.717, 1.165) is 12.2 Å². The van der Waals surface area contributed by atoms with Gasteiger partial charge >= 0.3 is 0 Å². The number of halogens is 1. The Morgan fingerprint density at radius 2 is 2.67 bits per heavy atom. The monoisotopic (exact) mass is 145 g/mol. The smallest absolute Gasteiger partial charge is 0.142 e. The van der Waals surface area contributed by atoms with E-state index in [2.05, 4.69) is 15.2 Å². The van der Waals surface area contributed by atoms with Crippen LogP contribution in [0.1, 0.15) is 24.5 Å². The van der Waals surface area contributed by atoms with Crippen LogP contribution in [0.5, 0.6) is 0 Å². The van der Waals surface area contributed by atoms with Gasteiger partial charge in [0.05, 0.1) is 5.38 Å². The molecule has 0 aliphatic heterocycles. The third kappa shape index (κ3) is 1.42. The van der Waals surface area contributed by atoms with Gasteiger partial charge in [-0.2, -0.15) is 5.10 Å². The van der Waals surface area contributed by atoms with E-state index in [1.165, 1.54) is 6.33 Å². The van der Waals surface area contributed by atoms with Crippen molar-refractivity contribution in [1.29, 1.82) is 0 Å². The molecule has 0 fully saturated rings. The highest BCUT2D eigenvalue weighted by Crippen LogP contribution is 2.18. The van der Waals surface area contributed by atoms with Crippen LogP contribution in [0.3, 0.4) is 0 Å². The van der Waals surface area contributed by atoms with E-state index < -0.39 is 0 Å². The Morgan fingerprint density at radius 1 is 1.89 bits per heavy atom. The number of aromatic nitrogens is 3. The molecule has 0 saturated carbocycles. The normalized spacial score (nSPS) is 13.6. The van der Waals surface area contributed by atoms with E-state index in [-0.39, 0.29) is 5.38 Å². The first kappa shape index (κ1) is 6.55. The van der Waals surface area contributed by atoms with Crippen molar-refractivity contribution in [3.8, 4) is 0 Å². The van der Waals surface area contributed by atoms with Crippen molar-refractivity contribution in [1.82, 2.24) is 15.2 Å². The van der Waals surface area contributed by atoms with Crippen LogP contribution >= 0.6 is 11.6 Å². The zero-order valence-corrected chi connectivity index (χ0v) is 5.89. The lowest BCUT2D eigenvalue weighted by molar-refractivity contribution is 0.809. The third-order valence-electron chi connectivity index (χ3n) is 1.09. The van der Waals surface area contributed by atoms with Gasteiger partial charge in [0.1, 0.15) is 12.2 Å². The maximum absolute atomic E-state index is 5.80. The Bertz CT molecular complexity index is 161. The van der Waals surface area contributed by atoms with Crippen LogP contribution in [0.25, 0.3) is 0 Å². The summed E-state index contributed by atoms with van der Waals surface area (Å²) >= 11 is 5.80. The van der Waals surface area contributed by atoms with Crippen LogP contribution in [0, 0.1) is 0 Å². The number of alkyl halides is 1. The molecule has 1 aromatic rings. The summed E-state index contributed by atoms with van der Waals surface area (Å²) in [5.41, 5.74) is 0. The SMILES string of the molecule is CCC(Cl)c1ncn[nH]1. The number of rotatable bonds is 2. The van der Waals surface area contributed by atoms with Gasteiger partial charge < -0.3 is 0 Å². The van der Waals surface area contributed by atoms with Gasteiger partial charge in [0.15, 0.2) is 0 Å². The molecule has 0 radical (unpaired) electrons. The van der Waals surface area contributed by atoms with Crippen LogP contribution < -0.4 is 0 Å². The van der Waals surface area contributed by atoms with Crippen LogP contribution in [0.4, 0.5) is 0 Å². The first-order valence-electron chi connectivity index (χ1n) is 2.84. The number of aromatic amines is 1. The van der Waals surface area contributed by atoms with Crippen molar-refractivity contribution in [2.75, 3.05) is 0 Å². The Kier molecular flexibility index (Phi) is 2.05. The number of nitrogens with one attached hydrogen (secondary N) is 1. The lowest BCUT2D eigenvalue weighted by atomic mass is 10.3. The number of H-pyrrole nitrogens is 1. The zero-order valence-electron chi connectivity index (χ0n) is 5.13. The molecule has 0 aliphatic carbocycles. The summed E-state index contributed by atoms with van der Waals surface area (Å²) in [6.45, 7) is 2.00. The number of nitrogens with zero attached hydrogens (tertiary/aromatic N) is 2. The van der Waals surface area contributed by atoms with Crippen molar-refractivity contribution < 1.29 is 0 Å². The summed E-state index contributed by atoms with van der Waals surface area (Å²) in [5.74, 6) is 0.749. The van der Waals surface area contributed by atoms with Crippen LogP contribution in [0.15, 0.2) is 6.33 Å². The van der Waals surface area contributed by atoms with Gasteiger partial charge in [0.25, 0.3) is 0 Å². The molecule has 0 saturated heterocycles. The molecular formula is C5H8ClN3. The summed E-state index contributed by atoms with van der Waals surface area (Å²) in [5, 5.41) is 6.34. The molecule has 0 aromatic carbocycles. The maximum atomic E-state index is 5.80. The molecule has 1 atom stereocenters. The van der Waals surface area contributed by atoms with E-state index in [9.17, 15) is 0 Å². The molecule has 1 unspecified atom stereocenters. The summed E-state index contributed by atoms with van der Waals surface area (Å²) < 4.78 is 0. The Morgan fingerprint density at radius 3 is 3.11 bits per heavy atom. The molecule has 0 spiro atoms. The van der Waals surface area contributed by atoms with Crippen LogP contribution in [0.2, 0.25) is 0 Å². The second-order valence-corrected chi connectivity index (χ2v) is 2.27. The Balaban J connectivity index is 2.65. The maximum Gasteiger partial charge on any atom is 0.142 e. The second kappa shape index (κ2) is 2.82. The molecular weight excluding hydrogens is 138 g/mol. The standard InChI is InChI=1S/C5H8ClN3/c1-2-4(6)5-7-3-8-9-5/h3-4H,2H2,1H3,(H,7,8,9). The van der Waals surface area contributed by atoms with Gasteiger partial charge in [-0.1, -0.05) is 6.92 Å². The molecule has 1 heterocycles. The van der Waals surface area contributed by atoms with Crippen molar-refractivity contribution in [2.24, 2.45) is 0 Å². The predicted molar refractivity (Wildman–Crippen MR) is 35.3 cm³/mol. The van der Waals surface area contributed by atoms with E-state index in [4.69, 9.17) is 11.6 Å².